The predicted octanol–water partition coefficient (Wildman–Crippen LogP) is 2.55. The van der Waals surface area contributed by atoms with Crippen LogP contribution in [0.5, 0.6) is 11.5 Å². The van der Waals surface area contributed by atoms with Gasteiger partial charge in [-0.15, -0.1) is 0 Å². The number of methoxy groups -OCH3 is 2. The van der Waals surface area contributed by atoms with Crippen molar-refractivity contribution in [3.8, 4) is 11.5 Å². The highest BCUT2D eigenvalue weighted by Crippen LogP contribution is 2.31. The lowest BCUT2D eigenvalue weighted by atomic mass is 10.0. The molecule has 2 aromatic carbocycles. The summed E-state index contributed by atoms with van der Waals surface area (Å²) in [5.74, 6) is 7.39. The molecule has 1 fully saturated rings. The van der Waals surface area contributed by atoms with Crippen molar-refractivity contribution in [3.63, 3.8) is 0 Å². The highest BCUT2D eigenvalue weighted by Gasteiger charge is 2.32. The van der Waals surface area contributed by atoms with E-state index in [1.165, 1.54) is 17.1 Å². The number of halogens is 1. The summed E-state index contributed by atoms with van der Waals surface area (Å²) in [6.45, 7) is 1.80. The number of hydrazine groups is 1. The molecule has 3 N–H and O–H groups in total. The van der Waals surface area contributed by atoms with Gasteiger partial charge in [-0.1, -0.05) is 18.2 Å². The van der Waals surface area contributed by atoms with E-state index >= 15 is 0 Å². The van der Waals surface area contributed by atoms with E-state index in [1.54, 1.807) is 26.4 Å². The Morgan fingerprint density at radius 2 is 1.85 bits per heavy atom. The first kappa shape index (κ1) is 18.2. The number of hydrogen-bond acceptors (Lipinski definition) is 5. The Balaban J connectivity index is 1.91. The average molecular weight is 358 g/mol. The first-order valence-electron chi connectivity index (χ1n) is 8.34. The average Bonchev–Trinajstić information content (AvgIpc) is 2.66. The first-order valence-corrected chi connectivity index (χ1v) is 8.34. The highest BCUT2D eigenvalue weighted by atomic mass is 19.1. The zero-order chi connectivity index (χ0) is 18.7. The number of piperazine rings is 1. The summed E-state index contributed by atoms with van der Waals surface area (Å²) in [6, 6.07) is 11.5. The molecule has 1 heterocycles. The number of nitrogens with two attached hydrogens (primary N) is 1. The van der Waals surface area contributed by atoms with Gasteiger partial charge in [0.25, 0.3) is 0 Å². The third-order valence-electron chi connectivity index (χ3n) is 4.62. The van der Waals surface area contributed by atoms with E-state index in [2.05, 4.69) is 4.90 Å². The van der Waals surface area contributed by atoms with Gasteiger partial charge in [0.15, 0.2) is 0 Å². The van der Waals surface area contributed by atoms with Gasteiger partial charge in [-0.25, -0.2) is 10.2 Å². The Morgan fingerprint density at radius 3 is 2.50 bits per heavy atom. The van der Waals surface area contributed by atoms with E-state index in [9.17, 15) is 4.39 Å². The lowest BCUT2D eigenvalue weighted by molar-refractivity contribution is 0.164. The second kappa shape index (κ2) is 7.72. The Labute approximate surface area is 152 Å². The molecular formula is C19H23FN4O2. The molecule has 2 aromatic rings. The van der Waals surface area contributed by atoms with Gasteiger partial charge in [0.05, 0.1) is 20.3 Å². The SMILES string of the molecule is COc1ccc(CN2CCN(N)C(=N)C2c2ccc(F)cc2)c(OC)c1. The topological polar surface area (TPSA) is 74.8 Å². The van der Waals surface area contributed by atoms with E-state index in [-0.39, 0.29) is 17.7 Å². The van der Waals surface area contributed by atoms with Crippen LogP contribution in [0.15, 0.2) is 42.5 Å². The summed E-state index contributed by atoms with van der Waals surface area (Å²) in [4.78, 5) is 2.14. The van der Waals surface area contributed by atoms with E-state index in [0.717, 1.165) is 22.6 Å². The lowest BCUT2D eigenvalue weighted by Gasteiger charge is -2.41. The Hall–Kier alpha value is -2.64. The molecule has 6 nitrogen and oxygen atoms in total. The highest BCUT2D eigenvalue weighted by molar-refractivity contribution is 5.86. The quantitative estimate of drug-likeness (QED) is 0.804. The fourth-order valence-electron chi connectivity index (χ4n) is 3.20. The van der Waals surface area contributed by atoms with Crippen LogP contribution in [0.1, 0.15) is 17.2 Å². The van der Waals surface area contributed by atoms with Crippen LogP contribution in [-0.4, -0.2) is 43.1 Å². The third kappa shape index (κ3) is 3.63. The van der Waals surface area contributed by atoms with Crippen molar-refractivity contribution in [1.29, 1.82) is 5.41 Å². The van der Waals surface area contributed by atoms with Gasteiger partial charge in [0.1, 0.15) is 23.2 Å². The molecule has 1 unspecified atom stereocenters. The van der Waals surface area contributed by atoms with Gasteiger partial charge in [-0.05, 0) is 23.8 Å². The number of ether oxygens (including phenoxy) is 2. The summed E-state index contributed by atoms with van der Waals surface area (Å²) in [6.07, 6.45) is 0. The Kier molecular flexibility index (Phi) is 5.39. The van der Waals surface area contributed by atoms with Crippen molar-refractivity contribution < 1.29 is 13.9 Å². The van der Waals surface area contributed by atoms with Crippen molar-refractivity contribution in [2.45, 2.75) is 12.6 Å². The van der Waals surface area contributed by atoms with Gasteiger partial charge >= 0.3 is 0 Å². The van der Waals surface area contributed by atoms with Crippen LogP contribution in [0.3, 0.4) is 0 Å². The number of nitrogens with zero attached hydrogens (tertiary/aromatic N) is 2. The minimum absolute atomic E-state index is 0.287. The fourth-order valence-corrected chi connectivity index (χ4v) is 3.20. The van der Waals surface area contributed by atoms with Crippen molar-refractivity contribution in [2.24, 2.45) is 5.84 Å². The van der Waals surface area contributed by atoms with Crippen LogP contribution in [-0.2, 0) is 6.54 Å². The minimum Gasteiger partial charge on any atom is -0.497 e. The lowest BCUT2D eigenvalue weighted by Crippen LogP contribution is -2.54. The van der Waals surface area contributed by atoms with Crippen molar-refractivity contribution in [1.82, 2.24) is 9.91 Å². The second-order valence-electron chi connectivity index (χ2n) is 6.18. The third-order valence-corrected chi connectivity index (χ3v) is 4.62. The second-order valence-corrected chi connectivity index (χ2v) is 6.18. The van der Waals surface area contributed by atoms with Gasteiger partial charge in [0.2, 0.25) is 0 Å². The maximum absolute atomic E-state index is 13.3. The summed E-state index contributed by atoms with van der Waals surface area (Å²) in [7, 11) is 3.23. The van der Waals surface area contributed by atoms with Crippen LogP contribution < -0.4 is 15.3 Å². The maximum atomic E-state index is 13.3. The van der Waals surface area contributed by atoms with Crippen molar-refractivity contribution in [3.05, 3.63) is 59.4 Å². The molecule has 0 bridgehead atoms. The molecule has 0 spiro atoms. The fraction of sp³-hybridized carbons (Fsp3) is 0.316. The van der Waals surface area contributed by atoms with Crippen molar-refractivity contribution >= 4 is 5.84 Å². The zero-order valence-electron chi connectivity index (χ0n) is 14.9. The molecule has 1 aliphatic rings. The van der Waals surface area contributed by atoms with Crippen LogP contribution in [0, 0.1) is 11.2 Å². The van der Waals surface area contributed by atoms with Gasteiger partial charge in [0, 0.05) is 31.3 Å². The maximum Gasteiger partial charge on any atom is 0.132 e. The summed E-state index contributed by atoms with van der Waals surface area (Å²) in [5, 5.41) is 9.86. The van der Waals surface area contributed by atoms with E-state index < -0.39 is 0 Å². The number of nitrogens with one attached hydrogen (secondary N) is 1. The van der Waals surface area contributed by atoms with E-state index in [0.29, 0.717) is 19.6 Å². The van der Waals surface area contributed by atoms with Gasteiger partial charge in [-0.3, -0.25) is 15.3 Å². The molecule has 0 saturated carbocycles. The number of amidine groups is 1. The molecule has 1 aliphatic heterocycles. The smallest absolute Gasteiger partial charge is 0.132 e. The molecule has 1 atom stereocenters. The number of benzene rings is 2. The molecule has 1 saturated heterocycles. The monoisotopic (exact) mass is 358 g/mol. The first-order chi connectivity index (χ1) is 12.5. The summed E-state index contributed by atoms with van der Waals surface area (Å²) >= 11 is 0. The molecule has 0 radical (unpaired) electrons. The van der Waals surface area contributed by atoms with Crippen LogP contribution in [0.2, 0.25) is 0 Å². The molecule has 0 aliphatic carbocycles. The normalized spacial score (nSPS) is 18.1. The molecule has 7 heteroatoms. The predicted molar refractivity (Wildman–Crippen MR) is 97.7 cm³/mol. The molecular weight excluding hydrogens is 335 g/mol. The van der Waals surface area contributed by atoms with Gasteiger partial charge in [-0.2, -0.15) is 0 Å². The van der Waals surface area contributed by atoms with E-state index in [4.69, 9.17) is 20.7 Å². The molecule has 138 valence electrons. The zero-order valence-corrected chi connectivity index (χ0v) is 14.9. The van der Waals surface area contributed by atoms with Crippen LogP contribution >= 0.6 is 0 Å². The molecule has 0 amide bonds. The van der Waals surface area contributed by atoms with Gasteiger partial charge < -0.3 is 9.47 Å². The van der Waals surface area contributed by atoms with Crippen LogP contribution in [0.4, 0.5) is 4.39 Å². The largest absolute Gasteiger partial charge is 0.497 e. The Morgan fingerprint density at radius 1 is 1.12 bits per heavy atom. The summed E-state index contributed by atoms with van der Waals surface area (Å²) < 4.78 is 24.0. The molecule has 3 rings (SSSR count). The van der Waals surface area contributed by atoms with E-state index in [1.807, 2.05) is 18.2 Å². The Bertz CT molecular complexity index is 782. The van der Waals surface area contributed by atoms with Crippen molar-refractivity contribution in [2.75, 3.05) is 27.3 Å². The molecule has 0 aromatic heterocycles. The minimum atomic E-state index is -0.346. The molecule has 26 heavy (non-hydrogen) atoms. The number of hydrogen-bond donors (Lipinski definition) is 2. The summed E-state index contributed by atoms with van der Waals surface area (Å²) in [5.41, 5.74) is 1.82. The van der Waals surface area contributed by atoms with Crippen LogP contribution in [0.25, 0.3) is 0 Å². The number of rotatable bonds is 5. The standard InChI is InChI=1S/C19H23FN4O2/c1-25-16-8-5-14(17(11-16)26-2)12-23-9-10-24(22)19(21)18(23)13-3-6-15(20)7-4-13/h3-8,11,18,21H,9-10,12,22H2,1-2H3.